The summed E-state index contributed by atoms with van der Waals surface area (Å²) >= 11 is 9.34. The summed E-state index contributed by atoms with van der Waals surface area (Å²) in [5.41, 5.74) is 1.25. The minimum Gasteiger partial charge on any atom is -0.252 e. The summed E-state index contributed by atoms with van der Waals surface area (Å²) in [5, 5.41) is 0.541. The number of para-hydroxylation sites is 1. The molecule has 2 aromatic rings. The molecular weight excluding hydrogens is 376 g/mol. The van der Waals surface area contributed by atoms with E-state index < -0.39 is 10.0 Å². The second kappa shape index (κ2) is 5.44. The molecule has 0 radical (unpaired) electrons. The summed E-state index contributed by atoms with van der Waals surface area (Å²) in [6.07, 6.45) is 1.34. The van der Waals surface area contributed by atoms with Gasteiger partial charge in [-0.25, -0.2) is 13.4 Å². The summed E-state index contributed by atoms with van der Waals surface area (Å²) in [7, 11) is -3.57. The molecule has 1 aliphatic heterocycles. The highest BCUT2D eigenvalue weighted by atomic mass is 79.9. The van der Waals surface area contributed by atoms with Gasteiger partial charge in [0, 0.05) is 4.47 Å². The Bertz CT molecular complexity index is 837. The van der Waals surface area contributed by atoms with Gasteiger partial charge >= 0.3 is 0 Å². The van der Waals surface area contributed by atoms with E-state index in [1.54, 1.807) is 36.4 Å². The standard InChI is InChI=1S/C14H10BrClN2O2S/c15-11-6-5-10(7-12(11)16)8-18-9-17-13-3-1-2-4-14(13)21(18,19)20/h1-7,9H,8H2. The molecule has 3 rings (SSSR count). The largest absolute Gasteiger partial charge is 0.267 e. The number of nitrogens with zero attached hydrogens (tertiary/aromatic N) is 2. The Morgan fingerprint density at radius 1 is 1.19 bits per heavy atom. The van der Waals surface area contributed by atoms with Crippen molar-refractivity contribution in [2.24, 2.45) is 4.99 Å². The van der Waals surface area contributed by atoms with Crippen molar-refractivity contribution in [2.75, 3.05) is 0 Å². The van der Waals surface area contributed by atoms with Gasteiger partial charge in [0.25, 0.3) is 10.0 Å². The van der Waals surface area contributed by atoms with Gasteiger partial charge in [-0.2, -0.15) is 0 Å². The third-order valence-corrected chi connectivity index (χ3v) is 6.07. The number of hydrogen-bond acceptors (Lipinski definition) is 3. The van der Waals surface area contributed by atoms with Crippen LogP contribution in [0, 0.1) is 0 Å². The van der Waals surface area contributed by atoms with Crippen molar-refractivity contribution in [3.05, 3.63) is 57.5 Å². The highest BCUT2D eigenvalue weighted by Crippen LogP contribution is 2.31. The minimum atomic E-state index is -3.57. The topological polar surface area (TPSA) is 49.7 Å². The van der Waals surface area contributed by atoms with Crippen molar-refractivity contribution in [1.82, 2.24) is 4.31 Å². The molecule has 4 nitrogen and oxygen atoms in total. The van der Waals surface area contributed by atoms with Crippen molar-refractivity contribution in [3.63, 3.8) is 0 Å². The zero-order valence-electron chi connectivity index (χ0n) is 10.7. The number of halogens is 2. The Kier molecular flexibility index (Phi) is 3.77. The summed E-state index contributed by atoms with van der Waals surface area (Å²) < 4.78 is 27.1. The Balaban J connectivity index is 1.96. The second-order valence-electron chi connectivity index (χ2n) is 4.51. The van der Waals surface area contributed by atoms with Gasteiger partial charge in [-0.15, -0.1) is 0 Å². The van der Waals surface area contributed by atoms with Crippen LogP contribution in [0.2, 0.25) is 5.02 Å². The first-order valence-electron chi connectivity index (χ1n) is 6.07. The first-order chi connectivity index (χ1) is 9.98. The maximum atomic E-state index is 12.6. The molecule has 1 heterocycles. The molecule has 0 aliphatic carbocycles. The van der Waals surface area contributed by atoms with E-state index in [9.17, 15) is 8.42 Å². The molecule has 0 aromatic heterocycles. The lowest BCUT2D eigenvalue weighted by atomic mass is 10.2. The lowest BCUT2D eigenvalue weighted by Crippen LogP contribution is -2.31. The monoisotopic (exact) mass is 384 g/mol. The first-order valence-corrected chi connectivity index (χ1v) is 8.68. The summed E-state index contributed by atoms with van der Waals surface area (Å²) in [6, 6.07) is 12.0. The van der Waals surface area contributed by atoms with Crippen molar-refractivity contribution < 1.29 is 8.42 Å². The molecule has 1 aliphatic rings. The normalized spacial score (nSPS) is 15.8. The van der Waals surface area contributed by atoms with E-state index in [1.165, 1.54) is 10.6 Å². The van der Waals surface area contributed by atoms with E-state index in [0.717, 1.165) is 10.0 Å². The lowest BCUT2D eigenvalue weighted by Gasteiger charge is -2.24. The quantitative estimate of drug-likeness (QED) is 0.785. The van der Waals surface area contributed by atoms with Crippen LogP contribution in [-0.4, -0.2) is 19.1 Å². The van der Waals surface area contributed by atoms with Crippen molar-refractivity contribution in [2.45, 2.75) is 11.4 Å². The van der Waals surface area contributed by atoms with E-state index in [0.29, 0.717) is 10.7 Å². The van der Waals surface area contributed by atoms with Crippen molar-refractivity contribution in [1.29, 1.82) is 0 Å². The molecule has 0 N–H and O–H groups in total. The molecule has 0 spiro atoms. The third kappa shape index (κ3) is 2.71. The van der Waals surface area contributed by atoms with Gasteiger partial charge in [-0.05, 0) is 45.8 Å². The van der Waals surface area contributed by atoms with Crippen LogP contribution in [0.15, 0.2) is 56.8 Å². The summed E-state index contributed by atoms with van der Waals surface area (Å²) in [6.45, 7) is 0.188. The van der Waals surface area contributed by atoms with Crippen LogP contribution in [-0.2, 0) is 16.6 Å². The molecule has 108 valence electrons. The van der Waals surface area contributed by atoms with Crippen LogP contribution in [0.4, 0.5) is 5.69 Å². The zero-order valence-corrected chi connectivity index (χ0v) is 13.9. The molecule has 7 heteroatoms. The summed E-state index contributed by atoms with van der Waals surface area (Å²) in [5.74, 6) is 0. The van der Waals surface area contributed by atoms with Crippen LogP contribution in [0.1, 0.15) is 5.56 Å². The second-order valence-corrected chi connectivity index (χ2v) is 7.63. The number of rotatable bonds is 2. The van der Waals surface area contributed by atoms with Crippen LogP contribution < -0.4 is 0 Å². The molecule has 2 aromatic carbocycles. The molecular formula is C14H10BrClN2O2S. The van der Waals surface area contributed by atoms with E-state index in [2.05, 4.69) is 20.9 Å². The number of aliphatic imine (C=N–C) groups is 1. The van der Waals surface area contributed by atoms with Crippen molar-refractivity contribution in [3.8, 4) is 0 Å². The van der Waals surface area contributed by atoms with Gasteiger partial charge in [0.2, 0.25) is 0 Å². The number of benzene rings is 2. The Morgan fingerprint density at radius 2 is 1.95 bits per heavy atom. The molecule has 0 saturated heterocycles. The van der Waals surface area contributed by atoms with Gasteiger partial charge < -0.3 is 0 Å². The molecule has 0 atom stereocenters. The predicted molar refractivity (Wildman–Crippen MR) is 86.5 cm³/mol. The molecule has 21 heavy (non-hydrogen) atoms. The fourth-order valence-electron chi connectivity index (χ4n) is 2.04. The van der Waals surface area contributed by atoms with Crippen LogP contribution in [0.3, 0.4) is 0 Å². The number of hydrogen-bond donors (Lipinski definition) is 0. The molecule has 0 unspecified atom stereocenters. The van der Waals surface area contributed by atoms with E-state index in [4.69, 9.17) is 11.6 Å². The van der Waals surface area contributed by atoms with Gasteiger partial charge in [0.1, 0.15) is 11.2 Å². The van der Waals surface area contributed by atoms with Crippen LogP contribution >= 0.6 is 27.5 Å². The fraction of sp³-hybridized carbons (Fsp3) is 0.0714. The molecule has 0 bridgehead atoms. The van der Waals surface area contributed by atoms with Crippen LogP contribution in [0.25, 0.3) is 0 Å². The molecule has 0 fully saturated rings. The van der Waals surface area contributed by atoms with Gasteiger partial charge in [-0.1, -0.05) is 29.8 Å². The van der Waals surface area contributed by atoms with E-state index >= 15 is 0 Å². The zero-order chi connectivity index (χ0) is 15.0. The Hall–Kier alpha value is -1.37. The smallest absolute Gasteiger partial charge is 0.252 e. The highest BCUT2D eigenvalue weighted by Gasteiger charge is 2.28. The Morgan fingerprint density at radius 3 is 2.71 bits per heavy atom. The van der Waals surface area contributed by atoms with Gasteiger partial charge in [0.05, 0.1) is 17.3 Å². The average Bonchev–Trinajstić information content (AvgIpc) is 2.46. The lowest BCUT2D eigenvalue weighted by molar-refractivity contribution is 0.521. The van der Waals surface area contributed by atoms with Crippen molar-refractivity contribution >= 4 is 49.6 Å². The van der Waals surface area contributed by atoms with Crippen LogP contribution in [0.5, 0.6) is 0 Å². The first kappa shape index (κ1) is 14.6. The van der Waals surface area contributed by atoms with E-state index in [1.807, 2.05) is 6.07 Å². The number of sulfonamides is 1. The third-order valence-electron chi connectivity index (χ3n) is 3.10. The Labute approximate surface area is 136 Å². The predicted octanol–water partition coefficient (Wildman–Crippen LogP) is 3.97. The van der Waals surface area contributed by atoms with E-state index in [-0.39, 0.29) is 11.4 Å². The summed E-state index contributed by atoms with van der Waals surface area (Å²) in [4.78, 5) is 4.40. The molecule has 0 amide bonds. The van der Waals surface area contributed by atoms with Gasteiger partial charge in [0.15, 0.2) is 0 Å². The minimum absolute atomic E-state index is 0.188. The SMILES string of the molecule is O=S1(=O)c2ccccc2N=CN1Cc1ccc(Br)c(Cl)c1. The maximum Gasteiger partial charge on any atom is 0.267 e. The number of fused-ring (bicyclic) bond motifs is 1. The maximum absolute atomic E-state index is 12.6. The molecule has 0 saturated carbocycles. The fourth-order valence-corrected chi connectivity index (χ4v) is 3.87. The van der Waals surface area contributed by atoms with Gasteiger partial charge in [-0.3, -0.25) is 4.31 Å². The highest BCUT2D eigenvalue weighted by molar-refractivity contribution is 9.10. The average molecular weight is 386 g/mol.